The first-order valence-corrected chi connectivity index (χ1v) is 5.91. The standard InChI is InChI=1S/C14H17FN2O/c1-9-4-5-13(15)12(6-9)14(18)8-11-7-10(2)16-17(11)3/h4-7,14,18H,8H2,1-3H3. The highest BCUT2D eigenvalue weighted by Crippen LogP contribution is 2.22. The van der Waals surface area contributed by atoms with Gasteiger partial charge in [0, 0.05) is 24.7 Å². The zero-order chi connectivity index (χ0) is 13.3. The van der Waals surface area contributed by atoms with Crippen molar-refractivity contribution in [3.63, 3.8) is 0 Å². The number of halogens is 1. The second-order valence-corrected chi connectivity index (χ2v) is 4.65. The Labute approximate surface area is 106 Å². The smallest absolute Gasteiger partial charge is 0.129 e. The van der Waals surface area contributed by atoms with E-state index in [1.165, 1.54) is 6.07 Å². The Morgan fingerprint density at radius 3 is 2.67 bits per heavy atom. The van der Waals surface area contributed by atoms with E-state index in [0.29, 0.717) is 12.0 Å². The van der Waals surface area contributed by atoms with Crippen LogP contribution in [0.3, 0.4) is 0 Å². The minimum atomic E-state index is -0.848. The zero-order valence-corrected chi connectivity index (χ0v) is 10.8. The summed E-state index contributed by atoms with van der Waals surface area (Å²) >= 11 is 0. The third-order valence-electron chi connectivity index (χ3n) is 3.01. The SMILES string of the molecule is Cc1ccc(F)c(C(O)Cc2cc(C)nn2C)c1. The van der Waals surface area contributed by atoms with Crippen molar-refractivity contribution in [2.45, 2.75) is 26.4 Å². The number of aliphatic hydroxyl groups excluding tert-OH is 1. The van der Waals surface area contributed by atoms with Crippen molar-refractivity contribution in [2.75, 3.05) is 0 Å². The van der Waals surface area contributed by atoms with Crippen LogP contribution in [0.15, 0.2) is 24.3 Å². The number of aliphatic hydroxyl groups is 1. The largest absolute Gasteiger partial charge is 0.388 e. The van der Waals surface area contributed by atoms with Crippen LogP contribution < -0.4 is 0 Å². The molecule has 2 aromatic rings. The first-order valence-electron chi connectivity index (χ1n) is 5.91. The third-order valence-corrected chi connectivity index (χ3v) is 3.01. The summed E-state index contributed by atoms with van der Waals surface area (Å²) in [4.78, 5) is 0. The molecule has 0 aliphatic heterocycles. The molecular formula is C14H17FN2O. The van der Waals surface area contributed by atoms with Crippen LogP contribution in [0.2, 0.25) is 0 Å². The van der Waals surface area contributed by atoms with Gasteiger partial charge in [0.15, 0.2) is 0 Å². The van der Waals surface area contributed by atoms with E-state index in [2.05, 4.69) is 5.10 Å². The van der Waals surface area contributed by atoms with Gasteiger partial charge in [0.1, 0.15) is 5.82 Å². The maximum absolute atomic E-state index is 13.6. The van der Waals surface area contributed by atoms with Crippen molar-refractivity contribution in [1.29, 1.82) is 0 Å². The number of nitrogens with zero attached hydrogens (tertiary/aromatic N) is 2. The summed E-state index contributed by atoms with van der Waals surface area (Å²) in [6.45, 7) is 3.77. The van der Waals surface area contributed by atoms with Crippen molar-refractivity contribution in [3.05, 3.63) is 52.6 Å². The van der Waals surface area contributed by atoms with E-state index >= 15 is 0 Å². The topological polar surface area (TPSA) is 38.1 Å². The van der Waals surface area contributed by atoms with Gasteiger partial charge in [-0.05, 0) is 26.0 Å². The van der Waals surface area contributed by atoms with Gasteiger partial charge >= 0.3 is 0 Å². The van der Waals surface area contributed by atoms with Crippen molar-refractivity contribution in [2.24, 2.45) is 7.05 Å². The highest BCUT2D eigenvalue weighted by molar-refractivity contribution is 5.27. The van der Waals surface area contributed by atoms with Gasteiger partial charge in [0.2, 0.25) is 0 Å². The highest BCUT2D eigenvalue weighted by Gasteiger charge is 2.15. The Morgan fingerprint density at radius 1 is 1.33 bits per heavy atom. The average molecular weight is 248 g/mol. The predicted molar refractivity (Wildman–Crippen MR) is 67.7 cm³/mol. The first kappa shape index (κ1) is 12.8. The molecule has 0 fully saturated rings. The first-order chi connectivity index (χ1) is 8.47. The summed E-state index contributed by atoms with van der Waals surface area (Å²) in [5.74, 6) is -0.369. The Bertz CT molecular complexity index is 563. The van der Waals surface area contributed by atoms with Crippen molar-refractivity contribution in [3.8, 4) is 0 Å². The van der Waals surface area contributed by atoms with Gasteiger partial charge in [-0.2, -0.15) is 5.10 Å². The number of aryl methyl sites for hydroxylation is 3. The zero-order valence-electron chi connectivity index (χ0n) is 10.8. The summed E-state index contributed by atoms with van der Waals surface area (Å²) in [6, 6.07) is 6.67. The van der Waals surface area contributed by atoms with E-state index < -0.39 is 6.10 Å². The fraction of sp³-hybridized carbons (Fsp3) is 0.357. The van der Waals surface area contributed by atoms with Gasteiger partial charge in [0.05, 0.1) is 11.8 Å². The molecule has 0 saturated heterocycles. The average Bonchev–Trinajstić information content (AvgIpc) is 2.61. The quantitative estimate of drug-likeness (QED) is 0.906. The predicted octanol–water partition coefficient (Wildman–Crippen LogP) is 2.45. The fourth-order valence-corrected chi connectivity index (χ4v) is 2.08. The number of hydrogen-bond donors (Lipinski definition) is 1. The molecular weight excluding hydrogens is 231 g/mol. The fourth-order valence-electron chi connectivity index (χ4n) is 2.08. The van der Waals surface area contributed by atoms with Crippen LogP contribution in [0, 0.1) is 19.7 Å². The molecule has 0 radical (unpaired) electrons. The van der Waals surface area contributed by atoms with Gasteiger partial charge < -0.3 is 5.11 Å². The van der Waals surface area contributed by atoms with E-state index in [-0.39, 0.29) is 5.82 Å². The lowest BCUT2D eigenvalue weighted by Gasteiger charge is -2.12. The van der Waals surface area contributed by atoms with E-state index in [0.717, 1.165) is 17.0 Å². The number of benzene rings is 1. The second-order valence-electron chi connectivity index (χ2n) is 4.65. The van der Waals surface area contributed by atoms with Gasteiger partial charge in [-0.3, -0.25) is 4.68 Å². The molecule has 1 aromatic carbocycles. The number of aromatic nitrogens is 2. The summed E-state index contributed by atoms with van der Waals surface area (Å²) in [7, 11) is 1.82. The Balaban J connectivity index is 2.24. The molecule has 18 heavy (non-hydrogen) atoms. The van der Waals surface area contributed by atoms with Crippen molar-refractivity contribution in [1.82, 2.24) is 9.78 Å². The summed E-state index contributed by atoms with van der Waals surface area (Å²) in [5, 5.41) is 14.3. The van der Waals surface area contributed by atoms with Crippen LogP contribution in [0.25, 0.3) is 0 Å². The molecule has 1 heterocycles. The van der Waals surface area contributed by atoms with E-state index in [1.807, 2.05) is 27.0 Å². The lowest BCUT2D eigenvalue weighted by Crippen LogP contribution is -2.08. The molecule has 4 heteroatoms. The Morgan fingerprint density at radius 2 is 2.06 bits per heavy atom. The number of hydrogen-bond acceptors (Lipinski definition) is 2. The second kappa shape index (κ2) is 4.90. The lowest BCUT2D eigenvalue weighted by molar-refractivity contribution is 0.171. The molecule has 3 nitrogen and oxygen atoms in total. The minimum Gasteiger partial charge on any atom is -0.388 e. The molecule has 1 N–H and O–H groups in total. The molecule has 0 amide bonds. The maximum Gasteiger partial charge on any atom is 0.129 e. The van der Waals surface area contributed by atoms with Gasteiger partial charge in [-0.15, -0.1) is 0 Å². The molecule has 0 bridgehead atoms. The van der Waals surface area contributed by atoms with Crippen LogP contribution in [-0.4, -0.2) is 14.9 Å². The summed E-state index contributed by atoms with van der Waals surface area (Å²) in [6.07, 6.45) is -0.489. The Hall–Kier alpha value is -1.68. The lowest BCUT2D eigenvalue weighted by atomic mass is 10.0. The van der Waals surface area contributed by atoms with Gasteiger partial charge in [-0.25, -0.2) is 4.39 Å². The molecule has 0 saturated carbocycles. The third kappa shape index (κ3) is 2.59. The minimum absolute atomic E-state index is 0.342. The van der Waals surface area contributed by atoms with Gasteiger partial charge in [0.25, 0.3) is 0 Å². The molecule has 0 aliphatic rings. The normalized spacial score (nSPS) is 12.7. The van der Waals surface area contributed by atoms with Gasteiger partial charge in [-0.1, -0.05) is 17.7 Å². The van der Waals surface area contributed by atoms with Crippen molar-refractivity contribution >= 4 is 0 Å². The van der Waals surface area contributed by atoms with Crippen molar-refractivity contribution < 1.29 is 9.50 Å². The monoisotopic (exact) mass is 248 g/mol. The van der Waals surface area contributed by atoms with Crippen LogP contribution in [0.4, 0.5) is 4.39 Å². The molecule has 1 aromatic heterocycles. The van der Waals surface area contributed by atoms with E-state index in [4.69, 9.17) is 0 Å². The van der Waals surface area contributed by atoms with Crippen LogP contribution >= 0.6 is 0 Å². The van der Waals surface area contributed by atoms with Crippen LogP contribution in [0.5, 0.6) is 0 Å². The molecule has 2 rings (SSSR count). The van der Waals surface area contributed by atoms with Crippen LogP contribution in [-0.2, 0) is 13.5 Å². The molecule has 1 unspecified atom stereocenters. The number of rotatable bonds is 3. The van der Waals surface area contributed by atoms with E-state index in [1.54, 1.807) is 16.8 Å². The summed E-state index contributed by atoms with van der Waals surface area (Å²) in [5.41, 5.74) is 3.06. The highest BCUT2D eigenvalue weighted by atomic mass is 19.1. The molecule has 1 atom stereocenters. The molecule has 0 aliphatic carbocycles. The molecule has 96 valence electrons. The van der Waals surface area contributed by atoms with E-state index in [9.17, 15) is 9.50 Å². The summed E-state index contributed by atoms with van der Waals surface area (Å²) < 4.78 is 15.4. The maximum atomic E-state index is 13.6. The Kier molecular flexibility index (Phi) is 3.48. The molecule has 0 spiro atoms. The van der Waals surface area contributed by atoms with Crippen LogP contribution in [0.1, 0.15) is 28.6 Å².